The Morgan fingerprint density at radius 3 is 2.55 bits per heavy atom. The molecule has 6 nitrogen and oxygen atoms in total. The molecule has 7 heteroatoms. The molecule has 0 aliphatic heterocycles. The average Bonchev–Trinajstić information content (AvgIpc) is 3.13. The van der Waals surface area contributed by atoms with Crippen molar-refractivity contribution < 1.29 is 9.53 Å². The van der Waals surface area contributed by atoms with Crippen LogP contribution in [0.25, 0.3) is 5.69 Å². The molecule has 1 N–H and O–H groups in total. The van der Waals surface area contributed by atoms with Crippen LogP contribution in [0.3, 0.4) is 0 Å². The highest BCUT2D eigenvalue weighted by Crippen LogP contribution is 2.28. The molecule has 4 rings (SSSR count). The Morgan fingerprint density at radius 1 is 1.14 bits per heavy atom. The van der Waals surface area contributed by atoms with E-state index < -0.39 is 0 Å². The smallest absolute Gasteiger partial charge is 0.223 e. The van der Waals surface area contributed by atoms with Gasteiger partial charge in [-0.05, 0) is 42.7 Å². The van der Waals surface area contributed by atoms with Crippen molar-refractivity contribution >= 4 is 17.7 Å². The lowest BCUT2D eigenvalue weighted by atomic mass is 9.85. The first-order valence-corrected chi connectivity index (χ1v) is 10.8. The molecule has 0 spiro atoms. The van der Waals surface area contributed by atoms with Crippen LogP contribution in [0, 0.1) is 5.92 Å². The summed E-state index contributed by atoms with van der Waals surface area (Å²) in [6.07, 6.45) is 3.10. The topological polar surface area (TPSA) is 69.0 Å². The van der Waals surface area contributed by atoms with Crippen molar-refractivity contribution in [1.82, 2.24) is 20.1 Å². The third-order valence-corrected chi connectivity index (χ3v) is 6.14. The van der Waals surface area contributed by atoms with E-state index in [1.807, 2.05) is 47.0 Å². The van der Waals surface area contributed by atoms with E-state index >= 15 is 0 Å². The van der Waals surface area contributed by atoms with Crippen molar-refractivity contribution in [3.8, 4) is 11.4 Å². The minimum absolute atomic E-state index is 0.110. The predicted molar refractivity (Wildman–Crippen MR) is 113 cm³/mol. The van der Waals surface area contributed by atoms with Gasteiger partial charge in [0, 0.05) is 17.4 Å². The number of rotatable bonds is 8. The van der Waals surface area contributed by atoms with Gasteiger partial charge >= 0.3 is 0 Å². The van der Waals surface area contributed by atoms with Crippen LogP contribution in [0.4, 0.5) is 0 Å². The Bertz CT molecular complexity index is 953. The molecule has 0 saturated heterocycles. The standard InChI is InChI=1S/C22H24N4O2S/c1-28-19-12-10-18(11-13-19)26-20(14-23-21(27)17-8-5-9-17)24-25-22(26)29-15-16-6-3-2-4-7-16/h2-4,6-7,10-13,17H,5,8-9,14-15H2,1H3,(H,23,27). The van der Waals surface area contributed by atoms with Crippen LogP contribution < -0.4 is 10.1 Å². The summed E-state index contributed by atoms with van der Waals surface area (Å²) in [6, 6.07) is 18.1. The molecule has 1 aliphatic rings. The summed E-state index contributed by atoms with van der Waals surface area (Å²) < 4.78 is 7.28. The first kappa shape index (κ1) is 19.5. The fraction of sp³-hybridized carbons (Fsp3) is 0.318. The zero-order valence-electron chi connectivity index (χ0n) is 16.4. The molecule has 1 fully saturated rings. The van der Waals surface area contributed by atoms with E-state index in [0.717, 1.165) is 47.4 Å². The third kappa shape index (κ3) is 4.62. The Morgan fingerprint density at radius 2 is 1.90 bits per heavy atom. The summed E-state index contributed by atoms with van der Waals surface area (Å²) in [5.41, 5.74) is 2.17. The maximum absolute atomic E-state index is 12.3. The maximum Gasteiger partial charge on any atom is 0.223 e. The van der Waals surface area contributed by atoms with Gasteiger partial charge in [-0.3, -0.25) is 9.36 Å². The Kier molecular flexibility index (Phi) is 6.14. The molecule has 29 heavy (non-hydrogen) atoms. The molecule has 0 radical (unpaired) electrons. The van der Waals surface area contributed by atoms with E-state index in [4.69, 9.17) is 4.74 Å². The van der Waals surface area contributed by atoms with Crippen LogP contribution >= 0.6 is 11.8 Å². The summed E-state index contributed by atoms with van der Waals surface area (Å²) in [6.45, 7) is 0.361. The Balaban J connectivity index is 1.56. The van der Waals surface area contributed by atoms with Crippen LogP contribution in [0.2, 0.25) is 0 Å². The van der Waals surface area contributed by atoms with Gasteiger partial charge in [-0.25, -0.2) is 0 Å². The fourth-order valence-corrected chi connectivity index (χ4v) is 4.13. The highest BCUT2D eigenvalue weighted by atomic mass is 32.2. The van der Waals surface area contributed by atoms with E-state index in [1.54, 1.807) is 18.9 Å². The first-order chi connectivity index (χ1) is 14.2. The number of carbonyl (C=O) groups excluding carboxylic acids is 1. The van der Waals surface area contributed by atoms with Crippen molar-refractivity contribution in [1.29, 1.82) is 0 Å². The second-order valence-electron chi connectivity index (χ2n) is 7.05. The van der Waals surface area contributed by atoms with E-state index in [1.165, 1.54) is 5.56 Å². The highest BCUT2D eigenvalue weighted by Gasteiger charge is 2.25. The molecule has 1 aromatic heterocycles. The van der Waals surface area contributed by atoms with Crippen molar-refractivity contribution in [2.75, 3.05) is 7.11 Å². The molecular formula is C22H24N4O2S. The number of hydrogen-bond donors (Lipinski definition) is 1. The summed E-state index contributed by atoms with van der Waals surface area (Å²) >= 11 is 1.63. The largest absolute Gasteiger partial charge is 0.497 e. The molecule has 1 heterocycles. The quantitative estimate of drug-likeness (QED) is 0.571. The molecule has 0 bridgehead atoms. The van der Waals surface area contributed by atoms with Crippen LogP contribution in [0.5, 0.6) is 5.75 Å². The molecule has 3 aromatic rings. The van der Waals surface area contributed by atoms with E-state index in [2.05, 4.69) is 27.6 Å². The van der Waals surface area contributed by atoms with Crippen molar-refractivity contribution in [2.45, 2.75) is 36.7 Å². The molecule has 0 atom stereocenters. The van der Waals surface area contributed by atoms with E-state index in [-0.39, 0.29) is 11.8 Å². The average molecular weight is 409 g/mol. The zero-order chi connectivity index (χ0) is 20.1. The Hall–Kier alpha value is -2.80. The van der Waals surface area contributed by atoms with Gasteiger partial charge in [-0.1, -0.05) is 48.5 Å². The third-order valence-electron chi connectivity index (χ3n) is 5.14. The fourth-order valence-electron chi connectivity index (χ4n) is 3.20. The van der Waals surface area contributed by atoms with Gasteiger partial charge in [0.1, 0.15) is 5.75 Å². The second-order valence-corrected chi connectivity index (χ2v) is 7.99. The van der Waals surface area contributed by atoms with Gasteiger partial charge < -0.3 is 10.1 Å². The molecular weight excluding hydrogens is 384 g/mol. The summed E-state index contributed by atoms with van der Waals surface area (Å²) in [4.78, 5) is 12.3. The van der Waals surface area contributed by atoms with Crippen molar-refractivity contribution in [3.05, 3.63) is 66.0 Å². The SMILES string of the molecule is COc1ccc(-n2c(CNC(=O)C3CCC3)nnc2SCc2ccccc2)cc1. The number of benzene rings is 2. The monoisotopic (exact) mass is 408 g/mol. The number of hydrogen-bond acceptors (Lipinski definition) is 5. The van der Waals surface area contributed by atoms with Crippen molar-refractivity contribution in [2.24, 2.45) is 5.92 Å². The lowest BCUT2D eigenvalue weighted by Gasteiger charge is -2.24. The molecule has 1 saturated carbocycles. The molecule has 1 amide bonds. The zero-order valence-corrected chi connectivity index (χ0v) is 17.2. The van der Waals surface area contributed by atoms with Crippen LogP contribution in [0.15, 0.2) is 59.8 Å². The predicted octanol–water partition coefficient (Wildman–Crippen LogP) is 3.98. The normalized spacial score (nSPS) is 13.7. The second kappa shape index (κ2) is 9.13. The maximum atomic E-state index is 12.3. The van der Waals surface area contributed by atoms with Crippen molar-refractivity contribution in [3.63, 3.8) is 0 Å². The molecule has 2 aromatic carbocycles. The van der Waals surface area contributed by atoms with Gasteiger partial charge in [-0.15, -0.1) is 10.2 Å². The molecule has 0 unspecified atom stereocenters. The first-order valence-electron chi connectivity index (χ1n) is 9.78. The van der Waals surface area contributed by atoms with Gasteiger partial charge in [0.25, 0.3) is 0 Å². The van der Waals surface area contributed by atoms with Gasteiger partial charge in [-0.2, -0.15) is 0 Å². The molecule has 1 aliphatic carbocycles. The van der Waals surface area contributed by atoms with E-state index in [9.17, 15) is 4.79 Å². The minimum Gasteiger partial charge on any atom is -0.497 e. The number of nitrogens with zero attached hydrogens (tertiary/aromatic N) is 3. The summed E-state index contributed by atoms with van der Waals surface area (Å²) in [5, 5.41) is 12.6. The number of amides is 1. The number of thioether (sulfide) groups is 1. The van der Waals surface area contributed by atoms with Gasteiger partial charge in [0.05, 0.1) is 13.7 Å². The lowest BCUT2D eigenvalue weighted by Crippen LogP contribution is -2.34. The van der Waals surface area contributed by atoms with Crippen LogP contribution in [-0.2, 0) is 17.1 Å². The number of methoxy groups -OCH3 is 1. The number of nitrogens with one attached hydrogen (secondary N) is 1. The lowest BCUT2D eigenvalue weighted by molar-refractivity contribution is -0.127. The number of aromatic nitrogens is 3. The number of carbonyl (C=O) groups is 1. The highest BCUT2D eigenvalue weighted by molar-refractivity contribution is 7.98. The van der Waals surface area contributed by atoms with Gasteiger partial charge in [0.15, 0.2) is 11.0 Å². The number of ether oxygens (including phenoxy) is 1. The summed E-state index contributed by atoms with van der Waals surface area (Å²) in [5.74, 6) is 2.57. The Labute approximate surface area is 174 Å². The van der Waals surface area contributed by atoms with Crippen LogP contribution in [-0.4, -0.2) is 27.8 Å². The minimum atomic E-state index is 0.110. The van der Waals surface area contributed by atoms with Gasteiger partial charge in [0.2, 0.25) is 5.91 Å². The summed E-state index contributed by atoms with van der Waals surface area (Å²) in [7, 11) is 1.65. The van der Waals surface area contributed by atoms with Crippen LogP contribution in [0.1, 0.15) is 30.7 Å². The van der Waals surface area contributed by atoms with E-state index in [0.29, 0.717) is 6.54 Å². The molecule has 150 valence electrons.